The maximum Gasteiger partial charge on any atom is 0.219 e. The molecule has 4 rings (SSSR count). The summed E-state index contributed by atoms with van der Waals surface area (Å²) in [7, 11) is 0. The van der Waals surface area contributed by atoms with Crippen molar-refractivity contribution in [3.63, 3.8) is 0 Å². The highest BCUT2D eigenvalue weighted by Crippen LogP contribution is 2.24. The summed E-state index contributed by atoms with van der Waals surface area (Å²) >= 11 is 0. The molecule has 4 aromatic rings. The minimum atomic E-state index is 0.250. The first-order valence-corrected chi connectivity index (χ1v) is 6.99. The molecule has 0 saturated heterocycles. The Hall–Kier alpha value is -3.35. The van der Waals surface area contributed by atoms with Crippen molar-refractivity contribution in [1.82, 2.24) is 14.6 Å². The summed E-state index contributed by atoms with van der Waals surface area (Å²) in [5, 5.41) is 15.5. The molecule has 0 atom stereocenters. The van der Waals surface area contributed by atoms with E-state index < -0.39 is 0 Å². The van der Waals surface area contributed by atoms with Gasteiger partial charge in [-0.15, -0.1) is 0 Å². The number of pyridine rings is 1. The zero-order chi connectivity index (χ0) is 15.6. The molecule has 0 fully saturated rings. The van der Waals surface area contributed by atoms with Gasteiger partial charge in [0.2, 0.25) is 5.88 Å². The van der Waals surface area contributed by atoms with Gasteiger partial charge in [-0.1, -0.05) is 0 Å². The number of ether oxygens (including phenoxy) is 1. The van der Waals surface area contributed by atoms with Gasteiger partial charge in [0.15, 0.2) is 23.8 Å². The van der Waals surface area contributed by atoms with Crippen LogP contribution in [0.5, 0.6) is 5.88 Å². The number of nitrogens with zero attached hydrogens (tertiary/aromatic N) is 4. The zero-order valence-corrected chi connectivity index (χ0v) is 12.0. The van der Waals surface area contributed by atoms with Crippen molar-refractivity contribution in [1.29, 1.82) is 0 Å². The van der Waals surface area contributed by atoms with Crippen LogP contribution in [0, 0.1) is 5.21 Å². The van der Waals surface area contributed by atoms with Gasteiger partial charge in [-0.05, 0) is 18.2 Å². The summed E-state index contributed by atoms with van der Waals surface area (Å²) in [4.78, 5) is 4.48. The average molecular weight is 308 g/mol. The van der Waals surface area contributed by atoms with E-state index in [4.69, 9.17) is 9.15 Å². The maximum atomic E-state index is 11.3. The van der Waals surface area contributed by atoms with Gasteiger partial charge in [-0.25, -0.2) is 4.98 Å². The number of aromatic nitrogens is 4. The summed E-state index contributed by atoms with van der Waals surface area (Å²) in [5.74, 6) is 1.17. The van der Waals surface area contributed by atoms with Crippen molar-refractivity contribution in [3.05, 3.63) is 72.0 Å². The Morgan fingerprint density at radius 1 is 1.26 bits per heavy atom. The fraction of sp³-hybridized carbons (Fsp3) is 0.0625. The molecule has 4 heterocycles. The van der Waals surface area contributed by atoms with Crippen LogP contribution in [0.4, 0.5) is 0 Å². The van der Waals surface area contributed by atoms with Crippen LogP contribution in [-0.2, 0) is 6.61 Å². The highest BCUT2D eigenvalue weighted by Gasteiger charge is 2.11. The Balaban J connectivity index is 1.69. The third-order valence-corrected chi connectivity index (χ3v) is 3.32. The molecule has 7 nitrogen and oxygen atoms in total. The summed E-state index contributed by atoms with van der Waals surface area (Å²) in [6.07, 6.45) is 6.13. The molecule has 0 radical (unpaired) electrons. The Morgan fingerprint density at radius 3 is 3.04 bits per heavy atom. The molecule has 0 amide bonds. The Morgan fingerprint density at radius 2 is 2.22 bits per heavy atom. The molecule has 0 aliphatic heterocycles. The standard InChI is InChI=1S/C16H12N4O3/c21-19-7-1-3-12(10-19)11-23-16-9-13(14-4-2-8-22-14)18-15-5-6-17-20(15)16/h1-10H,11H2. The van der Waals surface area contributed by atoms with Crippen molar-refractivity contribution in [2.24, 2.45) is 0 Å². The molecule has 4 aromatic heterocycles. The van der Waals surface area contributed by atoms with Gasteiger partial charge in [-0.3, -0.25) is 0 Å². The fourth-order valence-corrected chi connectivity index (χ4v) is 2.28. The van der Waals surface area contributed by atoms with Crippen LogP contribution in [0.1, 0.15) is 5.56 Å². The summed E-state index contributed by atoms with van der Waals surface area (Å²) < 4.78 is 13.5. The zero-order valence-electron chi connectivity index (χ0n) is 12.0. The van der Waals surface area contributed by atoms with Gasteiger partial charge in [0.05, 0.1) is 18.0 Å². The minimum Gasteiger partial charge on any atom is -0.619 e. The van der Waals surface area contributed by atoms with Gasteiger partial charge in [0.25, 0.3) is 0 Å². The van der Waals surface area contributed by atoms with Crippen molar-refractivity contribution in [3.8, 4) is 17.3 Å². The molecule has 0 bridgehead atoms. The lowest BCUT2D eigenvalue weighted by molar-refractivity contribution is -0.606. The van der Waals surface area contributed by atoms with Crippen LogP contribution in [-0.4, -0.2) is 14.6 Å². The van der Waals surface area contributed by atoms with Gasteiger partial charge in [-0.2, -0.15) is 14.3 Å². The molecule has 114 valence electrons. The summed E-state index contributed by atoms with van der Waals surface area (Å²) in [5.41, 5.74) is 2.07. The van der Waals surface area contributed by atoms with Gasteiger partial charge >= 0.3 is 0 Å². The Kier molecular flexibility index (Phi) is 3.16. The summed E-state index contributed by atoms with van der Waals surface area (Å²) in [6, 6.07) is 10.7. The lowest BCUT2D eigenvalue weighted by Gasteiger charge is -2.09. The molecule has 0 saturated carbocycles. The SMILES string of the molecule is [O-][n+]1cccc(COc2cc(-c3ccco3)nc3ccnn23)c1. The predicted octanol–water partition coefficient (Wildman–Crippen LogP) is 2.20. The largest absolute Gasteiger partial charge is 0.619 e. The first kappa shape index (κ1) is 13.3. The smallest absolute Gasteiger partial charge is 0.219 e. The van der Waals surface area contributed by atoms with E-state index in [1.807, 2.05) is 12.1 Å². The number of furan rings is 1. The molecule has 0 N–H and O–H groups in total. The number of rotatable bonds is 4. The van der Waals surface area contributed by atoms with Crippen molar-refractivity contribution in [2.45, 2.75) is 6.61 Å². The lowest BCUT2D eigenvalue weighted by atomic mass is 10.3. The van der Waals surface area contributed by atoms with E-state index in [1.54, 1.807) is 41.2 Å². The Labute approximate surface area is 131 Å². The monoisotopic (exact) mass is 308 g/mol. The lowest BCUT2D eigenvalue weighted by Crippen LogP contribution is -2.25. The van der Waals surface area contributed by atoms with Crippen LogP contribution < -0.4 is 9.47 Å². The van der Waals surface area contributed by atoms with E-state index in [1.165, 1.54) is 12.4 Å². The van der Waals surface area contributed by atoms with E-state index in [-0.39, 0.29) is 6.61 Å². The van der Waals surface area contributed by atoms with Crippen LogP contribution in [0.2, 0.25) is 0 Å². The van der Waals surface area contributed by atoms with E-state index >= 15 is 0 Å². The molecular weight excluding hydrogens is 296 g/mol. The molecule has 0 aliphatic carbocycles. The van der Waals surface area contributed by atoms with Crippen molar-refractivity contribution in [2.75, 3.05) is 0 Å². The fourth-order valence-electron chi connectivity index (χ4n) is 2.28. The molecule has 23 heavy (non-hydrogen) atoms. The first-order valence-electron chi connectivity index (χ1n) is 6.99. The summed E-state index contributed by atoms with van der Waals surface area (Å²) in [6.45, 7) is 0.250. The number of hydrogen-bond donors (Lipinski definition) is 0. The van der Waals surface area contributed by atoms with Gasteiger partial charge < -0.3 is 14.4 Å². The van der Waals surface area contributed by atoms with E-state index in [0.717, 1.165) is 10.3 Å². The number of hydrogen-bond acceptors (Lipinski definition) is 5. The van der Waals surface area contributed by atoms with Crippen LogP contribution in [0.15, 0.2) is 65.7 Å². The second kappa shape index (κ2) is 5.45. The quantitative estimate of drug-likeness (QED) is 0.426. The predicted molar refractivity (Wildman–Crippen MR) is 80.4 cm³/mol. The topological polar surface area (TPSA) is 79.5 Å². The van der Waals surface area contributed by atoms with Crippen LogP contribution in [0.25, 0.3) is 17.1 Å². The highest BCUT2D eigenvalue weighted by atomic mass is 16.5. The average Bonchev–Trinajstić information content (AvgIpc) is 3.23. The third kappa shape index (κ3) is 2.59. The first-order chi connectivity index (χ1) is 11.3. The second-order valence-corrected chi connectivity index (χ2v) is 4.92. The van der Waals surface area contributed by atoms with Crippen LogP contribution >= 0.6 is 0 Å². The normalized spacial score (nSPS) is 11.0. The van der Waals surface area contributed by atoms with Gasteiger partial charge in [0, 0.05) is 18.2 Å². The van der Waals surface area contributed by atoms with Crippen molar-refractivity contribution >= 4 is 5.65 Å². The molecule has 0 aromatic carbocycles. The van der Waals surface area contributed by atoms with Gasteiger partial charge in [0.1, 0.15) is 12.3 Å². The number of fused-ring (bicyclic) bond motifs is 1. The molecule has 0 spiro atoms. The van der Waals surface area contributed by atoms with Crippen molar-refractivity contribution < 1.29 is 13.9 Å². The van der Waals surface area contributed by atoms with E-state index in [0.29, 0.717) is 23.0 Å². The molecular formula is C16H12N4O3. The van der Waals surface area contributed by atoms with Crippen LogP contribution in [0.3, 0.4) is 0 Å². The second-order valence-electron chi connectivity index (χ2n) is 4.92. The molecule has 0 aliphatic rings. The van der Waals surface area contributed by atoms with E-state index in [2.05, 4.69) is 10.1 Å². The Bertz CT molecular complexity index is 947. The third-order valence-electron chi connectivity index (χ3n) is 3.32. The minimum absolute atomic E-state index is 0.250. The molecule has 7 heteroatoms. The maximum absolute atomic E-state index is 11.3. The molecule has 0 unspecified atom stereocenters. The van der Waals surface area contributed by atoms with E-state index in [9.17, 15) is 5.21 Å². The highest BCUT2D eigenvalue weighted by molar-refractivity contribution is 5.58.